The van der Waals surface area contributed by atoms with Gasteiger partial charge in [0.25, 0.3) is 0 Å². The van der Waals surface area contributed by atoms with E-state index in [0.717, 1.165) is 56.2 Å². The topological polar surface area (TPSA) is 96.5 Å². The van der Waals surface area contributed by atoms with Gasteiger partial charge in [-0.05, 0) is 88.6 Å². The first-order valence-corrected chi connectivity index (χ1v) is 14.4. The number of likely N-dealkylation sites (tertiary alicyclic amines) is 1. The molecule has 1 aliphatic carbocycles. The van der Waals surface area contributed by atoms with Gasteiger partial charge < -0.3 is 20.2 Å². The van der Waals surface area contributed by atoms with Crippen LogP contribution in [-0.2, 0) is 28.5 Å². The third-order valence-corrected chi connectivity index (χ3v) is 7.30. The van der Waals surface area contributed by atoms with Crippen LogP contribution in [0.1, 0.15) is 63.1 Å². The van der Waals surface area contributed by atoms with Gasteiger partial charge in [-0.25, -0.2) is 14.8 Å². The standard InChI is InChI=1S/C22H21F3N4.C10H17NO3/c1-26-19-11-15(22(23,24)25)9-10-17(19)20-12-21(28-13-27-20)29-18-8-4-6-14-5-2-3-7-16(14)18;1-10(2,3)14-9(13)11-6-4-5-8(11)7-12/h4,6,8-13,26H,2-3,5,7H2,1H3,(H,27,28,29);7-8H,4-6H2,1-3H3. The Labute approximate surface area is 250 Å². The highest BCUT2D eigenvalue weighted by Crippen LogP contribution is 2.36. The highest BCUT2D eigenvalue weighted by atomic mass is 19.4. The van der Waals surface area contributed by atoms with Crippen LogP contribution in [0.25, 0.3) is 11.3 Å². The average Bonchev–Trinajstić information content (AvgIpc) is 3.46. The number of aryl methyl sites for hydroxylation is 1. The minimum absolute atomic E-state index is 0.287. The highest BCUT2D eigenvalue weighted by molar-refractivity contribution is 5.78. The summed E-state index contributed by atoms with van der Waals surface area (Å²) >= 11 is 0. The number of fused-ring (bicyclic) bond motifs is 1. The Kier molecular flexibility index (Phi) is 9.93. The van der Waals surface area contributed by atoms with Crippen molar-refractivity contribution in [3.63, 3.8) is 0 Å². The van der Waals surface area contributed by atoms with Crippen molar-refractivity contribution in [2.24, 2.45) is 0 Å². The van der Waals surface area contributed by atoms with Gasteiger partial charge in [0.15, 0.2) is 0 Å². The van der Waals surface area contributed by atoms with E-state index >= 15 is 0 Å². The van der Waals surface area contributed by atoms with E-state index in [1.807, 2.05) is 32.9 Å². The lowest BCUT2D eigenvalue weighted by atomic mass is 9.90. The van der Waals surface area contributed by atoms with Crippen molar-refractivity contribution in [1.82, 2.24) is 14.9 Å². The minimum Gasteiger partial charge on any atom is -0.444 e. The van der Waals surface area contributed by atoms with Crippen molar-refractivity contribution in [3.8, 4) is 11.3 Å². The van der Waals surface area contributed by atoms with E-state index in [1.165, 1.54) is 34.8 Å². The van der Waals surface area contributed by atoms with Crippen molar-refractivity contribution in [2.75, 3.05) is 24.2 Å². The molecule has 2 heterocycles. The van der Waals surface area contributed by atoms with E-state index in [9.17, 15) is 22.8 Å². The maximum Gasteiger partial charge on any atom is 0.416 e. The number of hydrogen-bond donors (Lipinski definition) is 2. The number of rotatable bonds is 5. The van der Waals surface area contributed by atoms with Gasteiger partial charge in [0.05, 0.1) is 17.3 Å². The lowest BCUT2D eigenvalue weighted by molar-refractivity contribution is -0.137. The zero-order valence-corrected chi connectivity index (χ0v) is 24.9. The molecule has 2 aromatic carbocycles. The molecule has 2 aliphatic rings. The molecule has 0 bridgehead atoms. The van der Waals surface area contributed by atoms with Crippen LogP contribution in [0.3, 0.4) is 0 Å². The summed E-state index contributed by atoms with van der Waals surface area (Å²) in [5.74, 6) is 0.607. The first-order valence-electron chi connectivity index (χ1n) is 14.4. The molecule has 0 radical (unpaired) electrons. The van der Waals surface area contributed by atoms with Crippen molar-refractivity contribution in [3.05, 3.63) is 65.5 Å². The number of nitrogens with one attached hydrogen (secondary N) is 2. The number of ether oxygens (including phenoxy) is 1. The van der Waals surface area contributed by atoms with Crippen LogP contribution in [0, 0.1) is 0 Å². The second-order valence-corrected chi connectivity index (χ2v) is 11.6. The lowest BCUT2D eigenvalue weighted by Crippen LogP contribution is -2.40. The maximum absolute atomic E-state index is 13.0. The SMILES string of the molecule is CC(C)(C)OC(=O)N1CCCC1C=O.CNc1cc(C(F)(F)F)ccc1-c1cc(Nc2cccc3c2CCCC3)ncn1. The Bertz CT molecular complexity index is 1440. The zero-order chi connectivity index (χ0) is 31.2. The number of carbonyl (C=O) groups is 2. The minimum atomic E-state index is -4.39. The number of halogens is 3. The molecule has 1 fully saturated rings. The summed E-state index contributed by atoms with van der Waals surface area (Å²) in [7, 11) is 1.59. The molecule has 43 heavy (non-hydrogen) atoms. The van der Waals surface area contributed by atoms with E-state index < -0.39 is 17.3 Å². The molecule has 5 rings (SSSR count). The third-order valence-electron chi connectivity index (χ3n) is 7.30. The molecular formula is C32H38F3N5O3. The van der Waals surface area contributed by atoms with E-state index in [4.69, 9.17) is 4.74 Å². The Balaban J connectivity index is 0.000000255. The Morgan fingerprint density at radius 2 is 1.79 bits per heavy atom. The fourth-order valence-electron chi connectivity index (χ4n) is 5.24. The van der Waals surface area contributed by atoms with Crippen LogP contribution >= 0.6 is 0 Å². The van der Waals surface area contributed by atoms with E-state index in [-0.39, 0.29) is 12.1 Å². The summed E-state index contributed by atoms with van der Waals surface area (Å²) in [6.07, 6.45) is 3.57. The normalized spacial score (nSPS) is 16.4. The largest absolute Gasteiger partial charge is 0.444 e. The lowest BCUT2D eigenvalue weighted by Gasteiger charge is -2.26. The van der Waals surface area contributed by atoms with Crippen molar-refractivity contribution < 1.29 is 27.5 Å². The zero-order valence-electron chi connectivity index (χ0n) is 24.9. The fraction of sp³-hybridized carbons (Fsp3) is 0.438. The summed E-state index contributed by atoms with van der Waals surface area (Å²) in [6, 6.07) is 11.3. The molecule has 0 saturated carbocycles. The summed E-state index contributed by atoms with van der Waals surface area (Å²) < 4.78 is 44.2. The molecular weight excluding hydrogens is 559 g/mol. The number of anilines is 3. The summed E-state index contributed by atoms with van der Waals surface area (Å²) in [5.41, 5.74) is 3.99. The van der Waals surface area contributed by atoms with Crippen LogP contribution < -0.4 is 10.6 Å². The number of amides is 1. The molecule has 0 spiro atoms. The van der Waals surface area contributed by atoms with Gasteiger partial charge in [-0.2, -0.15) is 13.2 Å². The van der Waals surface area contributed by atoms with Crippen LogP contribution in [-0.4, -0.2) is 52.5 Å². The van der Waals surface area contributed by atoms with E-state index in [2.05, 4.69) is 26.7 Å². The molecule has 1 aromatic heterocycles. The number of nitrogens with zero attached hydrogens (tertiary/aromatic N) is 3. The molecule has 11 heteroatoms. The molecule has 1 aliphatic heterocycles. The average molecular weight is 598 g/mol. The summed E-state index contributed by atoms with van der Waals surface area (Å²) in [4.78, 5) is 32.3. The van der Waals surface area contributed by atoms with Gasteiger partial charge in [-0.3, -0.25) is 4.90 Å². The van der Waals surface area contributed by atoms with Gasteiger partial charge in [0.2, 0.25) is 0 Å². The number of aromatic nitrogens is 2. The van der Waals surface area contributed by atoms with E-state index in [1.54, 1.807) is 13.1 Å². The quantitative estimate of drug-likeness (QED) is 0.296. The predicted molar refractivity (Wildman–Crippen MR) is 160 cm³/mol. The number of benzene rings is 2. The Hall–Kier alpha value is -4.15. The summed E-state index contributed by atoms with van der Waals surface area (Å²) in [5, 5.41) is 6.20. The molecule has 3 aromatic rings. The van der Waals surface area contributed by atoms with Crippen LogP contribution in [0.5, 0.6) is 0 Å². The number of alkyl halides is 3. The third kappa shape index (κ3) is 8.24. The van der Waals surface area contributed by atoms with Gasteiger partial charge in [0.1, 0.15) is 24.0 Å². The van der Waals surface area contributed by atoms with Gasteiger partial charge >= 0.3 is 12.3 Å². The van der Waals surface area contributed by atoms with Crippen molar-refractivity contribution >= 4 is 29.6 Å². The predicted octanol–water partition coefficient (Wildman–Crippen LogP) is 7.41. The van der Waals surface area contributed by atoms with Gasteiger partial charge in [-0.1, -0.05) is 18.2 Å². The second kappa shape index (κ2) is 13.4. The Morgan fingerprint density at radius 3 is 2.49 bits per heavy atom. The first-order chi connectivity index (χ1) is 20.4. The number of aldehydes is 1. The van der Waals surface area contributed by atoms with Crippen LogP contribution in [0.15, 0.2) is 48.8 Å². The molecule has 1 unspecified atom stereocenters. The maximum atomic E-state index is 13.0. The smallest absolute Gasteiger partial charge is 0.416 e. The van der Waals surface area contributed by atoms with Crippen molar-refractivity contribution in [2.45, 2.75) is 77.1 Å². The van der Waals surface area contributed by atoms with Crippen LogP contribution in [0.2, 0.25) is 0 Å². The summed E-state index contributed by atoms with van der Waals surface area (Å²) in [6.45, 7) is 6.07. The highest BCUT2D eigenvalue weighted by Gasteiger charge is 2.32. The molecule has 230 valence electrons. The molecule has 1 saturated heterocycles. The van der Waals surface area contributed by atoms with Crippen molar-refractivity contribution in [1.29, 1.82) is 0 Å². The second-order valence-electron chi connectivity index (χ2n) is 11.6. The number of carbonyl (C=O) groups excluding carboxylic acids is 2. The van der Waals surface area contributed by atoms with Gasteiger partial charge in [0, 0.05) is 36.6 Å². The van der Waals surface area contributed by atoms with Crippen LogP contribution in [0.4, 0.5) is 35.2 Å². The monoisotopic (exact) mass is 597 g/mol. The molecule has 2 N–H and O–H groups in total. The first kappa shape index (κ1) is 31.8. The van der Waals surface area contributed by atoms with Gasteiger partial charge in [-0.15, -0.1) is 0 Å². The Morgan fingerprint density at radius 1 is 1.02 bits per heavy atom. The number of hydrogen-bond acceptors (Lipinski definition) is 7. The molecule has 8 nitrogen and oxygen atoms in total. The molecule has 1 atom stereocenters. The van der Waals surface area contributed by atoms with E-state index in [0.29, 0.717) is 29.3 Å². The molecule has 1 amide bonds. The fourth-order valence-corrected chi connectivity index (χ4v) is 5.24.